The highest BCUT2D eigenvalue weighted by molar-refractivity contribution is 7.99. The number of fused-ring (bicyclic) bond motifs is 1. The maximum atomic E-state index is 11.3. The number of nitro groups is 1. The number of hydroxylamine groups is 1. The normalized spacial score (nSPS) is 10.7. The number of amides is 1. The van der Waals surface area contributed by atoms with Crippen LogP contribution in [0.25, 0.3) is 11.0 Å². The van der Waals surface area contributed by atoms with Crippen LogP contribution in [0.4, 0.5) is 5.69 Å². The van der Waals surface area contributed by atoms with Crippen molar-refractivity contribution in [3.05, 3.63) is 52.1 Å². The number of carbonyl (C=O) groups is 1. The van der Waals surface area contributed by atoms with E-state index in [1.54, 1.807) is 23.7 Å². The summed E-state index contributed by atoms with van der Waals surface area (Å²) in [5.41, 5.74) is 2.04. The summed E-state index contributed by atoms with van der Waals surface area (Å²) in [5, 5.41) is 26.8. The maximum Gasteiger partial charge on any atom is 0.300 e. The van der Waals surface area contributed by atoms with E-state index in [4.69, 9.17) is 5.21 Å². The van der Waals surface area contributed by atoms with Crippen LogP contribution >= 0.6 is 11.8 Å². The van der Waals surface area contributed by atoms with Crippen molar-refractivity contribution in [1.29, 1.82) is 0 Å². The zero-order chi connectivity index (χ0) is 16.4. The summed E-state index contributed by atoms with van der Waals surface area (Å²) < 4.78 is 4.60. The molecule has 23 heavy (non-hydrogen) atoms. The minimum absolute atomic E-state index is 0.0799. The predicted molar refractivity (Wildman–Crippen MR) is 78.3 cm³/mol. The van der Waals surface area contributed by atoms with Crippen molar-refractivity contribution in [2.24, 2.45) is 0 Å². The molecule has 0 bridgehead atoms. The van der Waals surface area contributed by atoms with E-state index in [2.05, 4.69) is 14.9 Å². The van der Waals surface area contributed by atoms with E-state index in [-0.39, 0.29) is 11.2 Å². The van der Waals surface area contributed by atoms with Gasteiger partial charge in [-0.3, -0.25) is 20.1 Å². The van der Waals surface area contributed by atoms with Crippen molar-refractivity contribution < 1.29 is 19.6 Å². The summed E-state index contributed by atoms with van der Waals surface area (Å²) in [6.45, 7) is 0. The van der Waals surface area contributed by atoms with Gasteiger partial charge in [-0.25, -0.2) is 10.1 Å². The molecule has 2 aromatic carbocycles. The lowest BCUT2D eigenvalue weighted by molar-refractivity contribution is -0.383. The van der Waals surface area contributed by atoms with E-state index in [1.807, 2.05) is 0 Å². The van der Waals surface area contributed by atoms with Gasteiger partial charge in [-0.05, 0) is 40.6 Å². The zero-order valence-corrected chi connectivity index (χ0v) is 12.1. The van der Waals surface area contributed by atoms with Gasteiger partial charge >= 0.3 is 5.69 Å². The summed E-state index contributed by atoms with van der Waals surface area (Å²) in [5.74, 6) is -0.611. The monoisotopic (exact) mass is 332 g/mol. The van der Waals surface area contributed by atoms with Crippen LogP contribution in [0.1, 0.15) is 10.4 Å². The Bertz CT molecular complexity index is 893. The van der Waals surface area contributed by atoms with Crippen molar-refractivity contribution in [3.8, 4) is 0 Å². The lowest BCUT2D eigenvalue weighted by Crippen LogP contribution is -2.18. The fourth-order valence-electron chi connectivity index (χ4n) is 1.93. The minimum Gasteiger partial charge on any atom is -0.288 e. The summed E-state index contributed by atoms with van der Waals surface area (Å²) in [6, 6.07) is 9.33. The highest BCUT2D eigenvalue weighted by Gasteiger charge is 2.20. The van der Waals surface area contributed by atoms with Crippen LogP contribution < -0.4 is 5.48 Å². The standard InChI is InChI=1S/C13H8N4O5S/c18-13(14-19)7-1-3-8(4-2-7)23-10-6-5-9(17(20)21)11-12(10)16-22-15-11/h1-6,19H,(H,14,18). The highest BCUT2D eigenvalue weighted by atomic mass is 32.2. The number of nitrogens with one attached hydrogen (secondary N) is 1. The first-order valence-corrected chi connectivity index (χ1v) is 7.04. The molecular weight excluding hydrogens is 324 g/mol. The number of rotatable bonds is 4. The highest BCUT2D eigenvalue weighted by Crippen LogP contribution is 2.35. The molecule has 116 valence electrons. The van der Waals surface area contributed by atoms with Crippen molar-refractivity contribution in [3.63, 3.8) is 0 Å². The topological polar surface area (TPSA) is 131 Å². The summed E-state index contributed by atoms with van der Waals surface area (Å²) in [6.07, 6.45) is 0. The summed E-state index contributed by atoms with van der Waals surface area (Å²) in [7, 11) is 0. The van der Waals surface area contributed by atoms with Gasteiger partial charge in [0.05, 0.1) is 4.92 Å². The number of nitrogens with zero attached hydrogens (tertiary/aromatic N) is 3. The first-order valence-electron chi connectivity index (χ1n) is 6.22. The molecule has 1 heterocycles. The Morgan fingerprint density at radius 2 is 1.87 bits per heavy atom. The van der Waals surface area contributed by atoms with Crippen LogP contribution in [0.15, 0.2) is 50.8 Å². The van der Waals surface area contributed by atoms with Gasteiger partial charge < -0.3 is 0 Å². The van der Waals surface area contributed by atoms with Gasteiger partial charge in [0.25, 0.3) is 5.91 Å². The Hall–Kier alpha value is -2.98. The smallest absolute Gasteiger partial charge is 0.288 e. The lowest BCUT2D eigenvalue weighted by atomic mass is 10.2. The quantitative estimate of drug-likeness (QED) is 0.423. The average Bonchev–Trinajstić information content (AvgIpc) is 3.04. The molecule has 0 unspecified atom stereocenters. The fourth-order valence-corrected chi connectivity index (χ4v) is 2.82. The van der Waals surface area contributed by atoms with E-state index < -0.39 is 10.8 Å². The Balaban J connectivity index is 1.93. The molecule has 0 atom stereocenters. The van der Waals surface area contributed by atoms with Crippen molar-refractivity contribution >= 4 is 34.4 Å². The Kier molecular flexibility index (Phi) is 3.91. The molecule has 0 aliphatic carbocycles. The summed E-state index contributed by atoms with van der Waals surface area (Å²) in [4.78, 5) is 23.1. The van der Waals surface area contributed by atoms with Gasteiger partial charge in [0.15, 0.2) is 5.52 Å². The number of benzene rings is 2. The average molecular weight is 332 g/mol. The molecule has 0 aliphatic heterocycles. The zero-order valence-electron chi connectivity index (χ0n) is 11.3. The second-order valence-electron chi connectivity index (χ2n) is 4.37. The fraction of sp³-hybridized carbons (Fsp3) is 0. The maximum absolute atomic E-state index is 11.3. The lowest BCUT2D eigenvalue weighted by Gasteiger charge is -2.03. The van der Waals surface area contributed by atoms with Gasteiger partial charge in [-0.15, -0.1) is 0 Å². The van der Waals surface area contributed by atoms with E-state index in [1.165, 1.54) is 30.0 Å². The van der Waals surface area contributed by atoms with E-state index in [0.29, 0.717) is 16.0 Å². The molecular formula is C13H8N4O5S. The second kappa shape index (κ2) is 6.02. The first-order chi connectivity index (χ1) is 11.1. The largest absolute Gasteiger partial charge is 0.300 e. The summed E-state index contributed by atoms with van der Waals surface area (Å²) >= 11 is 1.29. The molecule has 3 rings (SSSR count). The van der Waals surface area contributed by atoms with E-state index >= 15 is 0 Å². The Morgan fingerprint density at radius 1 is 1.17 bits per heavy atom. The van der Waals surface area contributed by atoms with Gasteiger partial charge in [0.2, 0.25) is 5.52 Å². The van der Waals surface area contributed by atoms with Crippen LogP contribution in [0.5, 0.6) is 0 Å². The number of aromatic nitrogens is 2. The van der Waals surface area contributed by atoms with Gasteiger partial charge in [0, 0.05) is 21.4 Å². The van der Waals surface area contributed by atoms with Crippen LogP contribution in [-0.2, 0) is 0 Å². The molecule has 0 radical (unpaired) electrons. The number of carbonyl (C=O) groups excluding carboxylic acids is 1. The first kappa shape index (κ1) is 14.9. The molecule has 9 nitrogen and oxygen atoms in total. The molecule has 3 aromatic rings. The number of hydrogen-bond acceptors (Lipinski definition) is 8. The number of non-ortho nitro benzene ring substituents is 1. The van der Waals surface area contributed by atoms with E-state index in [0.717, 1.165) is 4.90 Å². The third-order valence-electron chi connectivity index (χ3n) is 3.00. The van der Waals surface area contributed by atoms with E-state index in [9.17, 15) is 14.9 Å². The molecule has 0 saturated heterocycles. The molecule has 0 aliphatic rings. The van der Waals surface area contributed by atoms with Gasteiger partial charge in [0.1, 0.15) is 0 Å². The van der Waals surface area contributed by atoms with Crippen molar-refractivity contribution in [2.45, 2.75) is 9.79 Å². The molecule has 0 spiro atoms. The Morgan fingerprint density at radius 3 is 2.52 bits per heavy atom. The molecule has 1 aromatic heterocycles. The van der Waals surface area contributed by atoms with Crippen LogP contribution in [-0.4, -0.2) is 26.4 Å². The molecule has 1 amide bonds. The predicted octanol–water partition coefficient (Wildman–Crippen LogP) is 2.40. The second-order valence-corrected chi connectivity index (χ2v) is 5.48. The molecule has 0 fully saturated rings. The van der Waals surface area contributed by atoms with Gasteiger partial charge in [-0.1, -0.05) is 11.8 Å². The number of hydrogen-bond donors (Lipinski definition) is 2. The molecule has 0 saturated carbocycles. The van der Waals surface area contributed by atoms with Crippen LogP contribution in [0, 0.1) is 10.1 Å². The minimum atomic E-state index is -0.611. The third-order valence-corrected chi connectivity index (χ3v) is 4.06. The van der Waals surface area contributed by atoms with Crippen molar-refractivity contribution in [2.75, 3.05) is 0 Å². The molecule has 2 N–H and O–H groups in total. The van der Waals surface area contributed by atoms with Crippen LogP contribution in [0.3, 0.4) is 0 Å². The Labute approximate surface area is 132 Å². The molecule has 10 heteroatoms. The van der Waals surface area contributed by atoms with Crippen molar-refractivity contribution in [1.82, 2.24) is 15.8 Å². The van der Waals surface area contributed by atoms with Crippen LogP contribution in [0.2, 0.25) is 0 Å². The van der Waals surface area contributed by atoms with Gasteiger partial charge in [-0.2, -0.15) is 0 Å². The third kappa shape index (κ3) is 2.84. The SMILES string of the molecule is O=C(NO)c1ccc(Sc2ccc([N+](=O)[O-])c3nonc23)cc1. The number of nitro benzene ring substituents is 1.